The number of halogens is 3. The molecule has 0 spiro atoms. The molecule has 2 amide bonds. The molecular formula is C28H26Cl2FN5O2. The molecule has 196 valence electrons. The Labute approximate surface area is 229 Å². The molecule has 5 rings (SSSR count). The number of rotatable bonds is 5. The molecule has 0 atom stereocenters. The number of carbonyl (C=O) groups is 1. The molecular weight excluding hydrogens is 528 g/mol. The van der Waals surface area contributed by atoms with Crippen molar-refractivity contribution in [1.82, 2.24) is 9.78 Å². The van der Waals surface area contributed by atoms with E-state index in [-0.39, 0.29) is 5.69 Å². The summed E-state index contributed by atoms with van der Waals surface area (Å²) < 4.78 is 22.8. The van der Waals surface area contributed by atoms with Crippen molar-refractivity contribution in [3.63, 3.8) is 0 Å². The van der Waals surface area contributed by atoms with E-state index in [1.54, 1.807) is 6.07 Å². The maximum Gasteiger partial charge on any atom is 0.316 e. The lowest BCUT2D eigenvalue weighted by atomic mass is 9.98. The number of ether oxygens (including phenoxy) is 1. The number of nitrogens with one attached hydrogen (secondary N) is 1. The van der Waals surface area contributed by atoms with Crippen molar-refractivity contribution in [2.24, 2.45) is 5.73 Å². The quantitative estimate of drug-likeness (QED) is 0.289. The number of amides is 2. The summed E-state index contributed by atoms with van der Waals surface area (Å²) in [7, 11) is 1.50. The fourth-order valence-corrected chi connectivity index (χ4v) is 5.56. The van der Waals surface area contributed by atoms with Gasteiger partial charge in [-0.25, -0.2) is 13.9 Å². The van der Waals surface area contributed by atoms with E-state index >= 15 is 4.39 Å². The minimum atomic E-state index is -0.868. The van der Waals surface area contributed by atoms with Crippen molar-refractivity contribution in [1.29, 1.82) is 0 Å². The molecule has 0 saturated heterocycles. The first-order chi connectivity index (χ1) is 18.2. The summed E-state index contributed by atoms with van der Waals surface area (Å²) in [6.07, 6.45) is 0.658. The Hall–Kier alpha value is -3.75. The maximum atomic E-state index is 15.3. The number of anilines is 2. The summed E-state index contributed by atoms with van der Waals surface area (Å²) in [5, 5.41) is 8.45. The molecule has 4 aromatic rings. The number of aromatic nitrogens is 2. The molecule has 0 saturated carbocycles. The van der Waals surface area contributed by atoms with Crippen LogP contribution in [0.15, 0.2) is 48.5 Å². The van der Waals surface area contributed by atoms with Gasteiger partial charge in [0.25, 0.3) is 0 Å². The molecule has 0 radical (unpaired) electrons. The molecule has 3 aromatic carbocycles. The highest BCUT2D eigenvalue weighted by Gasteiger charge is 2.30. The fraction of sp³-hybridized carbons (Fsp3) is 0.214. The van der Waals surface area contributed by atoms with Crippen molar-refractivity contribution < 1.29 is 13.9 Å². The molecule has 1 aliphatic heterocycles. The second-order valence-electron chi connectivity index (χ2n) is 9.21. The van der Waals surface area contributed by atoms with Crippen LogP contribution < -0.4 is 20.7 Å². The standard InChI is InChI=1S/C28H26Cl2FN5O2/c1-15-5-4-6-16(2)26(15)36-27(18-12-21(31)23(33-28(32)37)13-25(18)38-3)19-14-35(10-9-22(19)34-36)24-8-7-17(29)11-20(24)30/h4-8,11-13H,9-10,14H2,1-3H3,(H3,32,33,37). The number of primary amides is 1. The van der Waals surface area contributed by atoms with Gasteiger partial charge in [-0.05, 0) is 49.2 Å². The number of hydrogen-bond acceptors (Lipinski definition) is 4. The second-order valence-corrected chi connectivity index (χ2v) is 10.1. The van der Waals surface area contributed by atoms with E-state index in [1.165, 1.54) is 19.2 Å². The number of urea groups is 1. The average molecular weight is 554 g/mol. The van der Waals surface area contributed by atoms with Gasteiger partial charge in [0.05, 0.1) is 40.6 Å². The van der Waals surface area contributed by atoms with Crippen molar-refractivity contribution in [2.75, 3.05) is 23.9 Å². The third-order valence-corrected chi connectivity index (χ3v) is 7.28. The monoisotopic (exact) mass is 553 g/mol. The first kappa shape index (κ1) is 25.9. The Balaban J connectivity index is 1.74. The van der Waals surface area contributed by atoms with E-state index in [2.05, 4.69) is 10.2 Å². The summed E-state index contributed by atoms with van der Waals surface area (Å²) in [4.78, 5) is 13.6. The van der Waals surface area contributed by atoms with E-state index < -0.39 is 11.8 Å². The molecule has 0 fully saturated rings. The minimum absolute atomic E-state index is 0.0697. The third-order valence-electron chi connectivity index (χ3n) is 6.74. The molecule has 1 aliphatic rings. The van der Waals surface area contributed by atoms with Crippen LogP contribution in [0.4, 0.5) is 20.6 Å². The largest absolute Gasteiger partial charge is 0.496 e. The number of carbonyl (C=O) groups excluding carboxylic acids is 1. The summed E-state index contributed by atoms with van der Waals surface area (Å²) in [6, 6.07) is 13.4. The summed E-state index contributed by atoms with van der Waals surface area (Å²) >= 11 is 12.7. The van der Waals surface area contributed by atoms with Crippen molar-refractivity contribution in [3.8, 4) is 22.7 Å². The van der Waals surface area contributed by atoms with Crippen LogP contribution in [0.25, 0.3) is 16.9 Å². The molecule has 10 heteroatoms. The molecule has 0 aliphatic carbocycles. The lowest BCUT2D eigenvalue weighted by molar-refractivity contribution is 0.259. The smallest absolute Gasteiger partial charge is 0.316 e. The van der Waals surface area contributed by atoms with Gasteiger partial charge in [0.15, 0.2) is 0 Å². The van der Waals surface area contributed by atoms with Gasteiger partial charge in [-0.2, -0.15) is 5.10 Å². The number of para-hydroxylation sites is 1. The Morgan fingerprint density at radius 2 is 1.87 bits per heavy atom. The van der Waals surface area contributed by atoms with Crippen molar-refractivity contribution >= 4 is 40.6 Å². The van der Waals surface area contributed by atoms with Crippen LogP contribution in [0.2, 0.25) is 10.0 Å². The fourth-order valence-electron chi connectivity index (χ4n) is 5.03. The normalized spacial score (nSPS) is 12.8. The highest BCUT2D eigenvalue weighted by Crippen LogP contribution is 2.42. The van der Waals surface area contributed by atoms with Crippen molar-refractivity contribution in [2.45, 2.75) is 26.8 Å². The number of fused-ring (bicyclic) bond motifs is 1. The van der Waals surface area contributed by atoms with Crippen LogP contribution in [-0.4, -0.2) is 29.5 Å². The highest BCUT2D eigenvalue weighted by molar-refractivity contribution is 6.36. The number of nitrogens with zero attached hydrogens (tertiary/aromatic N) is 3. The van der Waals surface area contributed by atoms with E-state index in [4.69, 9.17) is 38.8 Å². The Morgan fingerprint density at radius 1 is 1.13 bits per heavy atom. The first-order valence-electron chi connectivity index (χ1n) is 12.0. The van der Waals surface area contributed by atoms with Crippen molar-refractivity contribution in [3.05, 3.63) is 86.8 Å². The molecule has 7 nitrogen and oxygen atoms in total. The van der Waals surface area contributed by atoms with Crippen LogP contribution >= 0.6 is 23.2 Å². The topological polar surface area (TPSA) is 85.4 Å². The molecule has 0 unspecified atom stereocenters. The van der Waals surface area contributed by atoms with E-state index in [9.17, 15) is 4.79 Å². The van der Waals surface area contributed by atoms with Gasteiger partial charge in [-0.1, -0.05) is 41.4 Å². The number of hydrogen-bond donors (Lipinski definition) is 2. The number of methoxy groups -OCH3 is 1. The van der Waals surface area contributed by atoms with Crippen LogP contribution in [0.5, 0.6) is 5.75 Å². The summed E-state index contributed by atoms with van der Waals surface area (Å²) in [5.74, 6) is -0.275. The van der Waals surface area contributed by atoms with Crippen LogP contribution in [0.1, 0.15) is 22.4 Å². The molecule has 2 heterocycles. The van der Waals surface area contributed by atoms with Gasteiger partial charge in [0, 0.05) is 41.7 Å². The molecule has 1 aromatic heterocycles. The zero-order valence-corrected chi connectivity index (χ0v) is 22.6. The van der Waals surface area contributed by atoms with Gasteiger partial charge in [0.1, 0.15) is 11.6 Å². The first-order valence-corrected chi connectivity index (χ1v) is 12.7. The van der Waals surface area contributed by atoms with Gasteiger partial charge in [0.2, 0.25) is 0 Å². The van der Waals surface area contributed by atoms with E-state index in [0.717, 1.165) is 33.8 Å². The van der Waals surface area contributed by atoms with Crippen LogP contribution in [0, 0.1) is 19.7 Å². The SMILES string of the molecule is COc1cc(NC(N)=O)c(F)cc1-c1c2c(nn1-c1c(C)cccc1C)CCN(c1ccc(Cl)cc1Cl)C2. The van der Waals surface area contributed by atoms with Gasteiger partial charge in [-0.3, -0.25) is 0 Å². The number of aryl methyl sites for hydroxylation is 2. The van der Waals surface area contributed by atoms with E-state index in [1.807, 2.05) is 48.9 Å². The second kappa shape index (κ2) is 10.2. The lowest BCUT2D eigenvalue weighted by Crippen LogP contribution is -2.30. The predicted molar refractivity (Wildman–Crippen MR) is 149 cm³/mol. The van der Waals surface area contributed by atoms with E-state index in [0.29, 0.717) is 46.6 Å². The van der Waals surface area contributed by atoms with Gasteiger partial charge >= 0.3 is 6.03 Å². The van der Waals surface area contributed by atoms with Gasteiger partial charge < -0.3 is 20.7 Å². The minimum Gasteiger partial charge on any atom is -0.496 e. The van der Waals surface area contributed by atoms with Crippen LogP contribution in [0.3, 0.4) is 0 Å². The summed E-state index contributed by atoms with van der Waals surface area (Å²) in [5.41, 5.74) is 12.0. The Morgan fingerprint density at radius 3 is 2.53 bits per heavy atom. The summed E-state index contributed by atoms with van der Waals surface area (Å²) in [6.45, 7) is 5.22. The molecule has 38 heavy (non-hydrogen) atoms. The molecule has 3 N–H and O–H groups in total. The third kappa shape index (κ3) is 4.66. The lowest BCUT2D eigenvalue weighted by Gasteiger charge is -2.30. The Bertz CT molecular complexity index is 1550. The maximum absolute atomic E-state index is 15.3. The van der Waals surface area contributed by atoms with Gasteiger partial charge in [-0.15, -0.1) is 0 Å². The average Bonchev–Trinajstić information content (AvgIpc) is 3.22. The Kier molecular flexibility index (Phi) is 6.94. The molecule has 0 bridgehead atoms. The number of benzene rings is 3. The highest BCUT2D eigenvalue weighted by atomic mass is 35.5. The predicted octanol–water partition coefficient (Wildman–Crippen LogP) is 6.66. The van der Waals surface area contributed by atoms with Crippen LogP contribution in [-0.2, 0) is 13.0 Å². The number of nitrogens with two attached hydrogens (primary N) is 1. The zero-order valence-electron chi connectivity index (χ0n) is 21.1. The zero-order chi connectivity index (χ0) is 27.1.